The molecular formula is C39H47F2N5O5. The van der Waals surface area contributed by atoms with E-state index in [0.29, 0.717) is 65.7 Å². The molecular weight excluding hydrogens is 656 g/mol. The number of benzene rings is 2. The van der Waals surface area contributed by atoms with Gasteiger partial charge < -0.3 is 29.3 Å². The van der Waals surface area contributed by atoms with Crippen molar-refractivity contribution in [1.82, 2.24) is 19.9 Å². The summed E-state index contributed by atoms with van der Waals surface area (Å²) < 4.78 is 50.1. The lowest BCUT2D eigenvalue weighted by Crippen LogP contribution is -2.53. The Hall–Kier alpha value is -3.71. The Morgan fingerprint density at radius 2 is 1.92 bits per heavy atom. The number of fused-ring (bicyclic) bond motifs is 3. The Bertz CT molecular complexity index is 1940. The van der Waals surface area contributed by atoms with E-state index < -0.39 is 17.2 Å². The number of β-amino-alcohol motifs (C(OH)–C–C–N with tert-alkyl or cyclic N) is 1. The molecule has 5 heterocycles. The molecule has 51 heavy (non-hydrogen) atoms. The number of phenolic OH excluding ortho intramolecular Hbond substituents is 1. The predicted molar refractivity (Wildman–Crippen MR) is 190 cm³/mol. The minimum Gasteiger partial charge on any atom is -0.508 e. The molecule has 1 unspecified atom stereocenters. The first kappa shape index (κ1) is 34.4. The van der Waals surface area contributed by atoms with Gasteiger partial charge >= 0.3 is 6.01 Å². The van der Waals surface area contributed by atoms with Gasteiger partial charge in [-0.05, 0) is 92.4 Å². The Morgan fingerprint density at radius 1 is 1.06 bits per heavy atom. The van der Waals surface area contributed by atoms with Crippen molar-refractivity contribution in [3.8, 4) is 23.0 Å². The number of piperidine rings is 1. The first-order valence-electron chi connectivity index (χ1n) is 18.4. The molecule has 8 rings (SSSR count). The summed E-state index contributed by atoms with van der Waals surface area (Å²) in [6, 6.07) is 6.35. The molecule has 0 radical (unpaired) electrons. The van der Waals surface area contributed by atoms with Gasteiger partial charge in [-0.1, -0.05) is 19.4 Å². The minimum atomic E-state index is -1.17. The number of pyridine rings is 1. The summed E-state index contributed by atoms with van der Waals surface area (Å²) >= 11 is 0. The van der Waals surface area contributed by atoms with Crippen LogP contribution >= 0.6 is 0 Å². The molecule has 4 fully saturated rings. The van der Waals surface area contributed by atoms with E-state index in [-0.39, 0.29) is 47.1 Å². The molecule has 0 spiro atoms. The maximum absolute atomic E-state index is 17.1. The maximum Gasteiger partial charge on any atom is 0.319 e. The third-order valence-corrected chi connectivity index (χ3v) is 11.6. The molecule has 4 atom stereocenters. The van der Waals surface area contributed by atoms with Crippen LogP contribution in [0.4, 0.5) is 14.6 Å². The predicted octanol–water partition coefficient (Wildman–Crippen LogP) is 6.03. The van der Waals surface area contributed by atoms with Crippen molar-refractivity contribution in [1.29, 1.82) is 0 Å². The average Bonchev–Trinajstić information content (AvgIpc) is 3.75. The van der Waals surface area contributed by atoms with Gasteiger partial charge in [0.05, 0.1) is 38.4 Å². The molecule has 10 nitrogen and oxygen atoms in total. The maximum atomic E-state index is 17.1. The molecule has 2 N–H and O–H groups in total. The Morgan fingerprint density at radius 3 is 2.75 bits per heavy atom. The molecule has 4 aliphatic rings. The van der Waals surface area contributed by atoms with Gasteiger partial charge in [0.25, 0.3) is 0 Å². The van der Waals surface area contributed by atoms with Crippen LogP contribution in [-0.4, -0.2) is 101 Å². The summed E-state index contributed by atoms with van der Waals surface area (Å²) in [5, 5.41) is 23.2. The van der Waals surface area contributed by atoms with Crippen LogP contribution in [0.15, 0.2) is 30.5 Å². The standard InChI is InChI=1S/C39H47F2N5O5/c1-3-27-30(40)8-7-25-16-26(47)17-28(32(25)27)34-33(41)35-29(18-42-34)36(46-13-15-50-22-38(2,48)21-46)44-37(43-35)51-23-39-10-4-6-31(39)45(12-5-11-39)19-24-9-14-49-20-24/h7-8,16-18,24,31,47-48H,3-6,9-15,19-23H2,1-2H3/t24?,31-,38+,39-/m1/s1. The number of nitrogens with zero attached hydrogens (tertiary/aromatic N) is 5. The highest BCUT2D eigenvalue weighted by atomic mass is 19.1. The minimum absolute atomic E-state index is 0.00253. The molecule has 0 bridgehead atoms. The van der Waals surface area contributed by atoms with Crippen molar-refractivity contribution in [2.75, 3.05) is 64.1 Å². The van der Waals surface area contributed by atoms with Crippen molar-refractivity contribution >= 4 is 27.5 Å². The third-order valence-electron chi connectivity index (χ3n) is 11.6. The second-order valence-electron chi connectivity index (χ2n) is 15.3. The Balaban J connectivity index is 1.21. The molecule has 1 aliphatic carbocycles. The van der Waals surface area contributed by atoms with Gasteiger partial charge in [0, 0.05) is 42.9 Å². The van der Waals surface area contributed by atoms with Crippen LogP contribution < -0.4 is 9.64 Å². The van der Waals surface area contributed by atoms with Crippen LogP contribution in [0.25, 0.3) is 32.9 Å². The monoisotopic (exact) mass is 703 g/mol. The van der Waals surface area contributed by atoms with Crippen LogP contribution in [0.5, 0.6) is 11.8 Å². The van der Waals surface area contributed by atoms with E-state index in [0.717, 1.165) is 64.8 Å². The van der Waals surface area contributed by atoms with Crippen LogP contribution in [0, 0.1) is 23.0 Å². The topological polar surface area (TPSA) is 113 Å². The van der Waals surface area contributed by atoms with Crippen LogP contribution in [0.1, 0.15) is 57.9 Å². The summed E-state index contributed by atoms with van der Waals surface area (Å²) in [4.78, 5) is 18.7. The van der Waals surface area contributed by atoms with E-state index in [4.69, 9.17) is 24.2 Å². The van der Waals surface area contributed by atoms with Gasteiger partial charge in [-0.2, -0.15) is 9.97 Å². The van der Waals surface area contributed by atoms with E-state index in [9.17, 15) is 10.2 Å². The number of hydrogen-bond acceptors (Lipinski definition) is 10. The molecule has 272 valence electrons. The first-order chi connectivity index (χ1) is 24.6. The fourth-order valence-electron chi connectivity index (χ4n) is 9.23. The number of halogens is 2. The number of anilines is 1. The highest BCUT2D eigenvalue weighted by molar-refractivity contribution is 6.01. The van der Waals surface area contributed by atoms with Gasteiger partial charge in [-0.15, -0.1) is 0 Å². The van der Waals surface area contributed by atoms with Crippen molar-refractivity contribution in [2.45, 2.75) is 70.4 Å². The molecule has 3 saturated heterocycles. The van der Waals surface area contributed by atoms with E-state index in [1.165, 1.54) is 18.3 Å². The number of aromatic hydroxyl groups is 1. The number of ether oxygens (including phenoxy) is 3. The van der Waals surface area contributed by atoms with E-state index >= 15 is 8.78 Å². The van der Waals surface area contributed by atoms with E-state index in [1.54, 1.807) is 19.1 Å². The fourth-order valence-corrected chi connectivity index (χ4v) is 9.23. The van der Waals surface area contributed by atoms with Crippen molar-refractivity contribution in [3.63, 3.8) is 0 Å². The number of hydrogen-bond donors (Lipinski definition) is 2. The van der Waals surface area contributed by atoms with Gasteiger partial charge in [0.15, 0.2) is 5.82 Å². The summed E-state index contributed by atoms with van der Waals surface area (Å²) in [7, 11) is 0. The lowest BCUT2D eigenvalue weighted by atomic mass is 9.75. The number of rotatable bonds is 8. The fraction of sp³-hybridized carbons (Fsp3) is 0.564. The van der Waals surface area contributed by atoms with Gasteiger partial charge in [0.2, 0.25) is 0 Å². The second kappa shape index (κ2) is 13.7. The highest BCUT2D eigenvalue weighted by Crippen LogP contribution is 2.48. The third kappa shape index (κ3) is 6.49. The number of likely N-dealkylation sites (tertiary alicyclic amines) is 1. The lowest BCUT2D eigenvalue weighted by Gasteiger charge is -2.46. The van der Waals surface area contributed by atoms with Crippen molar-refractivity contribution < 1.29 is 33.2 Å². The number of phenols is 1. The quantitative estimate of drug-likeness (QED) is 0.226. The smallest absolute Gasteiger partial charge is 0.319 e. The summed E-state index contributed by atoms with van der Waals surface area (Å²) in [6.45, 7) is 8.83. The summed E-state index contributed by atoms with van der Waals surface area (Å²) in [5.74, 6) is -0.262. The number of aryl methyl sites for hydroxylation is 1. The lowest BCUT2D eigenvalue weighted by molar-refractivity contribution is -0.0123. The normalized spacial score (nSPS) is 27.3. The van der Waals surface area contributed by atoms with Gasteiger partial charge in [-0.25, -0.2) is 8.78 Å². The molecule has 0 amide bonds. The summed E-state index contributed by atoms with van der Waals surface area (Å²) in [6.07, 6.45) is 8.41. The van der Waals surface area contributed by atoms with Crippen LogP contribution in [-0.2, 0) is 15.9 Å². The van der Waals surface area contributed by atoms with Crippen molar-refractivity contribution in [3.05, 3.63) is 47.7 Å². The molecule has 12 heteroatoms. The molecule has 4 aromatic rings. The molecule has 3 aliphatic heterocycles. The summed E-state index contributed by atoms with van der Waals surface area (Å²) in [5.41, 5.74) is -0.596. The van der Waals surface area contributed by atoms with Crippen LogP contribution in [0.2, 0.25) is 0 Å². The SMILES string of the molecule is CCc1c(F)ccc2cc(O)cc(-c3ncc4c(N5CCOC[C@@](C)(O)C5)nc(OC[C@]56CCC[C@H]5N(CC5CCOC5)CCC6)nc4c3F)c12. The number of aromatic nitrogens is 3. The van der Waals surface area contributed by atoms with E-state index in [1.807, 2.05) is 11.8 Å². The van der Waals surface area contributed by atoms with E-state index in [2.05, 4.69) is 9.88 Å². The zero-order chi connectivity index (χ0) is 35.3. The molecule has 1 saturated carbocycles. The highest BCUT2D eigenvalue weighted by Gasteiger charge is 2.49. The first-order valence-corrected chi connectivity index (χ1v) is 18.4. The zero-order valence-corrected chi connectivity index (χ0v) is 29.5. The average molecular weight is 704 g/mol. The Labute approximate surface area is 296 Å². The van der Waals surface area contributed by atoms with Crippen molar-refractivity contribution in [2.24, 2.45) is 11.3 Å². The van der Waals surface area contributed by atoms with Gasteiger partial charge in [-0.3, -0.25) is 9.88 Å². The van der Waals surface area contributed by atoms with Gasteiger partial charge in [0.1, 0.15) is 34.2 Å². The molecule has 2 aromatic carbocycles. The van der Waals surface area contributed by atoms with Crippen LogP contribution in [0.3, 0.4) is 0 Å². The largest absolute Gasteiger partial charge is 0.508 e. The zero-order valence-electron chi connectivity index (χ0n) is 29.5. The number of aliphatic hydroxyl groups is 1. The second-order valence-corrected chi connectivity index (χ2v) is 15.3. The Kier molecular flexibility index (Phi) is 9.23. The molecule has 2 aromatic heterocycles.